The van der Waals surface area contributed by atoms with Gasteiger partial charge in [-0.05, 0) is 42.5 Å². The molecule has 0 amide bonds. The Balaban J connectivity index is 2.92. The van der Waals surface area contributed by atoms with Crippen LogP contribution in [0.15, 0.2) is 23.3 Å². The van der Waals surface area contributed by atoms with Crippen molar-refractivity contribution >= 4 is 44.2 Å². The van der Waals surface area contributed by atoms with Gasteiger partial charge < -0.3 is 14.0 Å². The molecule has 1 aromatic rings. The van der Waals surface area contributed by atoms with Crippen molar-refractivity contribution in [2.24, 2.45) is 10.5 Å². The highest BCUT2D eigenvalue weighted by Gasteiger charge is 2.33. The first-order valence-electron chi connectivity index (χ1n) is 7.53. The zero-order chi connectivity index (χ0) is 19.1. The highest BCUT2D eigenvalue weighted by molar-refractivity contribution is 6.42. The molecule has 1 atom stereocenters. The second-order valence-electron chi connectivity index (χ2n) is 6.46. The van der Waals surface area contributed by atoms with E-state index in [1.165, 1.54) is 0 Å². The van der Waals surface area contributed by atoms with Crippen molar-refractivity contribution in [2.45, 2.75) is 45.0 Å². The van der Waals surface area contributed by atoms with E-state index >= 15 is 0 Å². The zero-order valence-electron chi connectivity index (χ0n) is 14.0. The van der Waals surface area contributed by atoms with Crippen molar-refractivity contribution in [1.29, 1.82) is 0 Å². The predicted octanol–water partition coefficient (Wildman–Crippen LogP) is 4.21. The van der Waals surface area contributed by atoms with E-state index < -0.39 is 11.9 Å². The molecule has 0 aliphatic rings. The van der Waals surface area contributed by atoms with Gasteiger partial charge in [0.05, 0.1) is 22.2 Å². The minimum Gasteiger partial charge on any atom is -0.395 e. The molecule has 0 fully saturated rings. The highest BCUT2D eigenvalue weighted by Crippen LogP contribution is 2.36. The summed E-state index contributed by atoms with van der Waals surface area (Å²) in [5, 5.41) is 15.3. The summed E-state index contributed by atoms with van der Waals surface area (Å²) in [6.45, 7) is 3.85. The monoisotopic (exact) mass is 415 g/mol. The fourth-order valence-electron chi connectivity index (χ4n) is 2.55. The van der Waals surface area contributed by atoms with Crippen LogP contribution in [0.1, 0.15) is 38.7 Å². The molecule has 25 heavy (non-hydrogen) atoms. The van der Waals surface area contributed by atoms with Gasteiger partial charge in [-0.25, -0.2) is 0 Å². The summed E-state index contributed by atoms with van der Waals surface area (Å²) in [5.74, 6) is 0. The van der Waals surface area contributed by atoms with Gasteiger partial charge in [0, 0.05) is 10.3 Å². The van der Waals surface area contributed by atoms with Gasteiger partial charge in [0.25, 0.3) is 0 Å². The van der Waals surface area contributed by atoms with Gasteiger partial charge in [-0.1, -0.05) is 48.2 Å². The van der Waals surface area contributed by atoms with Gasteiger partial charge in [0.15, 0.2) is 0 Å². The SMILES string of the molecule is CC(C)(CCC[C@](O)(CN=[N+]=[N-])c1ccc(Cl)c(Cl)c1)C(O[Si])O[Si]. The van der Waals surface area contributed by atoms with E-state index in [0.717, 1.165) is 0 Å². The Morgan fingerprint density at radius 3 is 2.40 bits per heavy atom. The number of azide groups is 1. The molecular weight excluding hydrogens is 397 g/mol. The molecule has 134 valence electrons. The second-order valence-corrected chi connectivity index (χ2v) is 7.75. The molecule has 0 aliphatic carbocycles. The Kier molecular flexibility index (Phi) is 8.93. The molecule has 6 radical (unpaired) electrons. The number of aliphatic hydroxyl groups is 1. The van der Waals surface area contributed by atoms with Crippen molar-refractivity contribution < 1.29 is 14.0 Å². The largest absolute Gasteiger partial charge is 0.395 e. The summed E-state index contributed by atoms with van der Waals surface area (Å²) >= 11 is 12.0. The molecule has 0 heterocycles. The van der Waals surface area contributed by atoms with E-state index in [1.54, 1.807) is 18.2 Å². The first-order chi connectivity index (χ1) is 11.7. The number of nitrogens with zero attached hydrogens (tertiary/aromatic N) is 3. The molecule has 0 aromatic heterocycles. The molecule has 10 heteroatoms. The van der Waals surface area contributed by atoms with Crippen LogP contribution in [0, 0.1) is 5.41 Å². The normalized spacial score (nSPS) is 14.2. The summed E-state index contributed by atoms with van der Waals surface area (Å²) in [7, 11) is 5.98. The Labute approximate surface area is 164 Å². The third-order valence-electron chi connectivity index (χ3n) is 4.12. The number of benzene rings is 1. The third kappa shape index (κ3) is 6.27. The molecule has 0 saturated heterocycles. The minimum atomic E-state index is -1.34. The van der Waals surface area contributed by atoms with Gasteiger partial charge in [-0.3, -0.25) is 0 Å². The smallest absolute Gasteiger partial charge is 0.249 e. The fraction of sp³-hybridized carbons (Fsp3) is 0.600. The van der Waals surface area contributed by atoms with Crippen LogP contribution in [0.5, 0.6) is 0 Å². The van der Waals surface area contributed by atoms with Gasteiger partial charge >= 0.3 is 0 Å². The zero-order valence-corrected chi connectivity index (χ0v) is 17.5. The van der Waals surface area contributed by atoms with Crippen molar-refractivity contribution in [2.75, 3.05) is 6.54 Å². The molecule has 1 aromatic carbocycles. The Hall–Kier alpha value is -0.576. The molecule has 0 saturated carbocycles. The summed E-state index contributed by atoms with van der Waals surface area (Å²) in [6, 6.07) is 4.88. The summed E-state index contributed by atoms with van der Waals surface area (Å²) in [4.78, 5) is 2.75. The quantitative estimate of drug-likeness (QED) is 0.204. The fourth-order valence-corrected chi connectivity index (χ4v) is 3.67. The van der Waals surface area contributed by atoms with E-state index in [0.29, 0.717) is 34.9 Å². The van der Waals surface area contributed by atoms with E-state index in [9.17, 15) is 5.11 Å². The lowest BCUT2D eigenvalue weighted by molar-refractivity contribution is -0.0796. The van der Waals surface area contributed by atoms with Crippen molar-refractivity contribution in [3.8, 4) is 0 Å². The maximum absolute atomic E-state index is 11.0. The van der Waals surface area contributed by atoms with Crippen LogP contribution < -0.4 is 0 Å². The lowest BCUT2D eigenvalue weighted by Crippen LogP contribution is -2.35. The van der Waals surface area contributed by atoms with Crippen LogP contribution in [0.2, 0.25) is 10.0 Å². The summed E-state index contributed by atoms with van der Waals surface area (Å²) < 4.78 is 10.2. The summed E-state index contributed by atoms with van der Waals surface area (Å²) in [5.41, 5.74) is 7.50. The van der Waals surface area contributed by atoms with Crippen molar-refractivity contribution in [1.82, 2.24) is 0 Å². The average molecular weight is 416 g/mol. The van der Waals surface area contributed by atoms with E-state index in [2.05, 4.69) is 31.0 Å². The molecule has 0 spiro atoms. The number of hydrogen-bond donors (Lipinski definition) is 1. The lowest BCUT2D eigenvalue weighted by atomic mass is 9.82. The van der Waals surface area contributed by atoms with Crippen LogP contribution in [-0.4, -0.2) is 38.9 Å². The maximum Gasteiger partial charge on any atom is 0.249 e. The second kappa shape index (κ2) is 9.94. The maximum atomic E-state index is 11.0. The summed E-state index contributed by atoms with van der Waals surface area (Å²) in [6.07, 6.45) is 1.17. The predicted molar refractivity (Wildman–Crippen MR) is 99.5 cm³/mol. The van der Waals surface area contributed by atoms with Crippen LogP contribution in [0.25, 0.3) is 10.4 Å². The standard InChI is InChI=1S/C15H19Cl2N3O3Si2/c1-14(2,13(22-24)23-25)6-3-7-15(21,9-19-20-18)10-4-5-11(16)12(17)8-10/h4-5,8,13,21H,3,6-7,9H2,1-2H3/t15-/m0/s1. The third-order valence-corrected chi connectivity index (χ3v) is 5.28. The number of rotatable bonds is 10. The molecular formula is C15H19Cl2N3O3Si2. The average Bonchev–Trinajstić information content (AvgIpc) is 2.56. The van der Waals surface area contributed by atoms with Gasteiger partial charge in [-0.15, -0.1) is 0 Å². The van der Waals surface area contributed by atoms with Crippen LogP contribution in [0.3, 0.4) is 0 Å². The van der Waals surface area contributed by atoms with Gasteiger partial charge in [0.1, 0.15) is 6.29 Å². The van der Waals surface area contributed by atoms with Gasteiger partial charge in [-0.2, -0.15) is 0 Å². The Bertz CT molecular complexity index is 626. The van der Waals surface area contributed by atoms with E-state index in [1.807, 2.05) is 13.8 Å². The van der Waals surface area contributed by atoms with Crippen LogP contribution >= 0.6 is 23.2 Å². The van der Waals surface area contributed by atoms with Crippen molar-refractivity contribution in [3.63, 3.8) is 0 Å². The van der Waals surface area contributed by atoms with Gasteiger partial charge in [0.2, 0.25) is 21.0 Å². The number of halogens is 2. The molecule has 0 bridgehead atoms. The van der Waals surface area contributed by atoms with Crippen molar-refractivity contribution in [3.05, 3.63) is 44.3 Å². The first-order valence-corrected chi connectivity index (χ1v) is 9.11. The minimum absolute atomic E-state index is 0.103. The highest BCUT2D eigenvalue weighted by atomic mass is 35.5. The molecule has 0 unspecified atom stereocenters. The Morgan fingerprint density at radius 2 is 1.88 bits per heavy atom. The topological polar surface area (TPSA) is 87.5 Å². The lowest BCUT2D eigenvalue weighted by Gasteiger charge is -2.34. The van der Waals surface area contributed by atoms with Crippen LogP contribution in [-0.2, 0) is 14.5 Å². The number of hydrogen-bond acceptors (Lipinski definition) is 4. The molecule has 1 N–H and O–H groups in total. The van der Waals surface area contributed by atoms with E-state index in [4.69, 9.17) is 37.6 Å². The van der Waals surface area contributed by atoms with Crippen LogP contribution in [0.4, 0.5) is 0 Å². The first kappa shape index (κ1) is 22.5. The van der Waals surface area contributed by atoms with E-state index in [-0.39, 0.29) is 12.0 Å². The molecule has 6 nitrogen and oxygen atoms in total. The molecule has 1 rings (SSSR count). The molecule has 0 aliphatic heterocycles. The Morgan fingerprint density at radius 1 is 1.24 bits per heavy atom.